The number of hydrogen-bond acceptors (Lipinski definition) is 4. The van der Waals surface area contributed by atoms with E-state index in [2.05, 4.69) is 65.3 Å². The van der Waals surface area contributed by atoms with Gasteiger partial charge in [-0.25, -0.2) is 4.79 Å². The zero-order valence-electron chi connectivity index (χ0n) is 23.8. The molecule has 0 spiro atoms. The van der Waals surface area contributed by atoms with Gasteiger partial charge in [-0.3, -0.25) is 4.90 Å². The van der Waals surface area contributed by atoms with Gasteiger partial charge in [-0.15, -0.1) is 0 Å². The van der Waals surface area contributed by atoms with Crippen molar-refractivity contribution in [3.63, 3.8) is 0 Å². The molecule has 2 aliphatic rings. The zero-order chi connectivity index (χ0) is 28.1. The van der Waals surface area contributed by atoms with Gasteiger partial charge >= 0.3 is 6.03 Å². The van der Waals surface area contributed by atoms with Crippen LogP contribution < -0.4 is 5.32 Å². The summed E-state index contributed by atoms with van der Waals surface area (Å²) in [4.78, 5) is 20.2. The first kappa shape index (κ1) is 27.9. The van der Waals surface area contributed by atoms with Crippen LogP contribution in [0.25, 0.3) is 0 Å². The van der Waals surface area contributed by atoms with Crippen LogP contribution in [0.15, 0.2) is 78.9 Å². The number of nitrogens with one attached hydrogen (secondary N) is 1. The molecule has 2 saturated heterocycles. The zero-order valence-corrected chi connectivity index (χ0v) is 23.8. The fraction of sp³-hybridized carbons (Fsp3) is 0.382. The van der Waals surface area contributed by atoms with Crippen LogP contribution in [0.3, 0.4) is 0 Å². The van der Waals surface area contributed by atoms with Crippen molar-refractivity contribution < 1.29 is 9.90 Å². The van der Waals surface area contributed by atoms with Crippen LogP contribution in [-0.2, 0) is 0 Å². The van der Waals surface area contributed by atoms with Gasteiger partial charge in [-0.2, -0.15) is 0 Å². The smallest absolute Gasteiger partial charge is 0.321 e. The number of carbonyl (C=O) groups excluding carboxylic acids is 1. The summed E-state index contributed by atoms with van der Waals surface area (Å²) in [6, 6.07) is 26.5. The third-order valence-electron chi connectivity index (χ3n) is 8.18. The molecule has 0 radical (unpaired) electrons. The quantitative estimate of drug-likeness (QED) is 0.467. The molecule has 0 aromatic heterocycles. The van der Waals surface area contributed by atoms with E-state index in [1.165, 1.54) is 5.56 Å². The van der Waals surface area contributed by atoms with E-state index in [0.29, 0.717) is 19.0 Å². The van der Waals surface area contributed by atoms with E-state index in [1.807, 2.05) is 66.4 Å². The van der Waals surface area contributed by atoms with E-state index in [1.54, 1.807) is 0 Å². The minimum absolute atomic E-state index is 0.0476. The number of carbonyl (C=O) groups is 1. The van der Waals surface area contributed by atoms with Crippen molar-refractivity contribution in [3.8, 4) is 11.8 Å². The molecule has 6 nitrogen and oxygen atoms in total. The number of hydrogen-bond donors (Lipinski definition) is 2. The standard InChI is InChI=1S/C34H40N4O2/c1-25-9-17-30(18-10-25)35-34(40)37-22-28(21-36(2)3)19-20-38-31(23-37)33(32(38)24-39)29-15-13-27(14-16-29)12-11-26-7-5-4-6-8-26/h4-10,13-18,28,31-33,39H,19-24H2,1-3H3,(H,35,40)/t28?,31-,32+,33+/m0/s1. The number of amides is 2. The van der Waals surface area contributed by atoms with E-state index < -0.39 is 0 Å². The van der Waals surface area contributed by atoms with E-state index >= 15 is 0 Å². The highest BCUT2D eigenvalue weighted by molar-refractivity contribution is 5.89. The highest BCUT2D eigenvalue weighted by Crippen LogP contribution is 2.42. The summed E-state index contributed by atoms with van der Waals surface area (Å²) in [6.07, 6.45) is 0.986. The summed E-state index contributed by atoms with van der Waals surface area (Å²) in [5, 5.41) is 13.5. The minimum Gasteiger partial charge on any atom is -0.395 e. The summed E-state index contributed by atoms with van der Waals surface area (Å²) < 4.78 is 0. The van der Waals surface area contributed by atoms with Gasteiger partial charge in [0.25, 0.3) is 0 Å². The second kappa shape index (κ2) is 12.7. The fourth-order valence-corrected chi connectivity index (χ4v) is 6.19. The first-order valence-corrected chi connectivity index (χ1v) is 14.2. The number of nitrogens with zero attached hydrogens (tertiary/aromatic N) is 3. The molecule has 2 amide bonds. The van der Waals surface area contributed by atoms with Crippen LogP contribution in [0.5, 0.6) is 0 Å². The Morgan fingerprint density at radius 1 is 0.950 bits per heavy atom. The Kier molecular flexibility index (Phi) is 8.86. The number of rotatable bonds is 5. The lowest BCUT2D eigenvalue weighted by atomic mass is 9.74. The minimum atomic E-state index is -0.0628. The van der Waals surface area contributed by atoms with Gasteiger partial charge in [0.1, 0.15) is 0 Å². The molecule has 2 aliphatic heterocycles. The molecule has 0 bridgehead atoms. The molecular weight excluding hydrogens is 496 g/mol. The van der Waals surface area contributed by atoms with Crippen LogP contribution >= 0.6 is 0 Å². The Labute approximate surface area is 238 Å². The molecule has 2 heterocycles. The highest BCUT2D eigenvalue weighted by atomic mass is 16.3. The Morgan fingerprint density at radius 3 is 2.27 bits per heavy atom. The third kappa shape index (κ3) is 6.56. The molecule has 1 unspecified atom stereocenters. The number of aliphatic hydroxyl groups excluding tert-OH is 1. The van der Waals surface area contributed by atoms with Crippen LogP contribution in [0.4, 0.5) is 10.5 Å². The lowest BCUT2D eigenvalue weighted by molar-refractivity contribution is -0.0649. The fourth-order valence-electron chi connectivity index (χ4n) is 6.19. The first-order chi connectivity index (χ1) is 19.4. The molecule has 0 saturated carbocycles. The molecular formula is C34H40N4O2. The molecule has 3 aromatic carbocycles. The van der Waals surface area contributed by atoms with Crippen LogP contribution in [0, 0.1) is 24.7 Å². The number of fused-ring (bicyclic) bond motifs is 1. The molecule has 5 rings (SSSR count). The van der Waals surface area contributed by atoms with Crippen LogP contribution in [-0.4, -0.2) is 84.8 Å². The topological polar surface area (TPSA) is 59.1 Å². The van der Waals surface area contributed by atoms with Gasteiger partial charge in [-0.05, 0) is 81.9 Å². The van der Waals surface area contributed by atoms with Crippen LogP contribution in [0.2, 0.25) is 0 Å². The number of benzene rings is 3. The van der Waals surface area contributed by atoms with Crippen molar-refractivity contribution >= 4 is 11.7 Å². The number of urea groups is 1. The molecule has 4 atom stereocenters. The van der Waals surface area contributed by atoms with E-state index in [0.717, 1.165) is 41.9 Å². The molecule has 2 N–H and O–H groups in total. The summed E-state index contributed by atoms with van der Waals surface area (Å²) in [5.41, 5.74) is 5.12. The van der Waals surface area contributed by atoms with Crippen molar-refractivity contribution in [3.05, 3.63) is 101 Å². The Bertz CT molecular complexity index is 1330. The van der Waals surface area contributed by atoms with Gasteiger partial charge in [-0.1, -0.05) is 59.9 Å². The summed E-state index contributed by atoms with van der Waals surface area (Å²) >= 11 is 0. The van der Waals surface area contributed by atoms with Crippen molar-refractivity contribution in [2.24, 2.45) is 5.92 Å². The van der Waals surface area contributed by atoms with Crippen molar-refractivity contribution in [1.82, 2.24) is 14.7 Å². The number of anilines is 1. The summed E-state index contributed by atoms with van der Waals surface area (Å²) in [7, 11) is 4.17. The largest absolute Gasteiger partial charge is 0.395 e. The Hall–Kier alpha value is -3.63. The highest BCUT2D eigenvalue weighted by Gasteiger charge is 2.50. The summed E-state index contributed by atoms with van der Waals surface area (Å²) in [5.74, 6) is 7.00. The second-order valence-electron chi connectivity index (χ2n) is 11.4. The SMILES string of the molecule is Cc1ccc(NC(=O)N2CC(CN(C)C)CCN3[C@H](CO)[C@H](c4ccc(C#Cc5ccccc5)cc4)[C@@H]3C2)cc1. The molecule has 40 heavy (non-hydrogen) atoms. The van der Waals surface area contributed by atoms with Crippen molar-refractivity contribution in [2.75, 3.05) is 52.2 Å². The van der Waals surface area contributed by atoms with Gasteiger partial charge in [0, 0.05) is 54.5 Å². The molecule has 6 heteroatoms. The van der Waals surface area contributed by atoms with Gasteiger partial charge in [0.2, 0.25) is 0 Å². The average molecular weight is 537 g/mol. The summed E-state index contributed by atoms with van der Waals surface area (Å²) in [6.45, 7) is 5.33. The monoisotopic (exact) mass is 536 g/mol. The lowest BCUT2D eigenvalue weighted by Crippen LogP contribution is -2.68. The maximum Gasteiger partial charge on any atom is 0.321 e. The maximum atomic E-state index is 13.6. The predicted molar refractivity (Wildman–Crippen MR) is 161 cm³/mol. The molecule has 0 aliphatic carbocycles. The molecule has 2 fully saturated rings. The van der Waals surface area contributed by atoms with Crippen molar-refractivity contribution in [1.29, 1.82) is 0 Å². The second-order valence-corrected chi connectivity index (χ2v) is 11.4. The van der Waals surface area contributed by atoms with Gasteiger partial charge < -0.3 is 20.2 Å². The van der Waals surface area contributed by atoms with Gasteiger partial charge in [0.15, 0.2) is 0 Å². The van der Waals surface area contributed by atoms with Crippen LogP contribution in [0.1, 0.15) is 34.6 Å². The number of aliphatic hydroxyl groups is 1. The Morgan fingerprint density at radius 2 is 1.62 bits per heavy atom. The Balaban J connectivity index is 1.35. The van der Waals surface area contributed by atoms with E-state index in [-0.39, 0.29) is 30.6 Å². The van der Waals surface area contributed by atoms with E-state index in [4.69, 9.17) is 0 Å². The first-order valence-electron chi connectivity index (χ1n) is 14.2. The normalized spacial score (nSPS) is 22.8. The predicted octanol–water partition coefficient (Wildman–Crippen LogP) is 4.64. The lowest BCUT2D eigenvalue weighted by Gasteiger charge is -2.57. The molecule has 3 aromatic rings. The molecule has 208 valence electrons. The number of aryl methyl sites for hydroxylation is 1. The van der Waals surface area contributed by atoms with Crippen molar-refractivity contribution in [2.45, 2.75) is 31.3 Å². The van der Waals surface area contributed by atoms with E-state index in [9.17, 15) is 9.90 Å². The third-order valence-corrected chi connectivity index (χ3v) is 8.18. The van der Waals surface area contributed by atoms with Gasteiger partial charge in [0.05, 0.1) is 6.61 Å². The maximum absolute atomic E-state index is 13.6. The average Bonchev–Trinajstić information content (AvgIpc) is 2.94.